The van der Waals surface area contributed by atoms with Gasteiger partial charge in [0.15, 0.2) is 0 Å². The third-order valence-corrected chi connectivity index (χ3v) is 4.93. The second-order valence-corrected chi connectivity index (χ2v) is 7.57. The molecule has 134 valence electrons. The molecule has 4 aromatic rings. The van der Waals surface area contributed by atoms with Gasteiger partial charge in [0, 0.05) is 10.9 Å². The lowest BCUT2D eigenvalue weighted by molar-refractivity contribution is 0.647. The third kappa shape index (κ3) is 3.61. The van der Waals surface area contributed by atoms with Gasteiger partial charge in [0.05, 0.1) is 11.2 Å². The lowest BCUT2D eigenvalue weighted by atomic mass is 9.95. The number of hydrogen-bond donors (Lipinski definition) is 0. The molecular weight excluding hydrogens is 328 g/mol. The van der Waals surface area contributed by atoms with Crippen molar-refractivity contribution >= 4 is 10.9 Å². The van der Waals surface area contributed by atoms with E-state index in [1.54, 1.807) is 6.33 Å². The molecule has 0 saturated heterocycles. The Bertz CT molecular complexity index is 1080. The number of benzene rings is 3. The Morgan fingerprint density at radius 2 is 1.63 bits per heavy atom. The molecule has 0 aliphatic rings. The fraction of sp³-hybridized carbons (Fsp3) is 0.200. The molecule has 0 bridgehead atoms. The van der Waals surface area contributed by atoms with Crippen LogP contribution in [0.5, 0.6) is 0 Å². The first-order chi connectivity index (χ1) is 13.1. The first-order valence-corrected chi connectivity index (χ1v) is 9.52. The van der Waals surface area contributed by atoms with E-state index in [-0.39, 0.29) is 0 Å². The Morgan fingerprint density at radius 1 is 0.815 bits per heavy atom. The molecule has 27 heavy (non-hydrogen) atoms. The van der Waals surface area contributed by atoms with Crippen LogP contribution in [0.2, 0.25) is 0 Å². The van der Waals surface area contributed by atoms with Crippen molar-refractivity contribution in [2.75, 3.05) is 0 Å². The summed E-state index contributed by atoms with van der Waals surface area (Å²) in [6, 6.07) is 23.7. The van der Waals surface area contributed by atoms with Gasteiger partial charge in [-0.3, -0.25) is 0 Å². The van der Waals surface area contributed by atoms with Crippen molar-refractivity contribution in [3.8, 4) is 22.4 Å². The quantitative estimate of drug-likeness (QED) is 0.420. The van der Waals surface area contributed by atoms with Gasteiger partial charge in [0.2, 0.25) is 0 Å². The predicted molar refractivity (Wildman–Crippen MR) is 114 cm³/mol. The SMILES string of the molecule is Cc1cc(-c2ncnc3cc(CC(C)C)ccc23)ccc1-c1ccccc1. The minimum Gasteiger partial charge on any atom is -0.236 e. The van der Waals surface area contributed by atoms with Gasteiger partial charge in [-0.1, -0.05) is 68.4 Å². The Hall–Kier alpha value is -3.00. The molecule has 0 aliphatic carbocycles. The summed E-state index contributed by atoms with van der Waals surface area (Å²) in [4.78, 5) is 9.11. The first kappa shape index (κ1) is 17.4. The van der Waals surface area contributed by atoms with Crippen molar-refractivity contribution in [3.63, 3.8) is 0 Å². The zero-order valence-electron chi connectivity index (χ0n) is 16.1. The van der Waals surface area contributed by atoms with Gasteiger partial charge >= 0.3 is 0 Å². The van der Waals surface area contributed by atoms with E-state index in [0.29, 0.717) is 5.92 Å². The maximum absolute atomic E-state index is 4.60. The molecule has 0 saturated carbocycles. The smallest absolute Gasteiger partial charge is 0.116 e. The van der Waals surface area contributed by atoms with Crippen molar-refractivity contribution < 1.29 is 0 Å². The highest BCUT2D eigenvalue weighted by Gasteiger charge is 2.10. The molecule has 2 nitrogen and oxygen atoms in total. The Labute approximate surface area is 160 Å². The van der Waals surface area contributed by atoms with Crippen LogP contribution in [0.4, 0.5) is 0 Å². The highest BCUT2D eigenvalue weighted by molar-refractivity contribution is 5.93. The van der Waals surface area contributed by atoms with Gasteiger partial charge in [-0.05, 0) is 53.6 Å². The Morgan fingerprint density at radius 3 is 2.37 bits per heavy atom. The molecule has 0 amide bonds. The standard InChI is InChI=1S/C25H24N2/c1-17(2)13-19-9-11-23-24(15-19)26-16-27-25(23)21-10-12-22(18(3)14-21)20-7-5-4-6-8-20/h4-12,14-17H,13H2,1-3H3. The molecule has 0 radical (unpaired) electrons. The lowest BCUT2D eigenvalue weighted by Gasteiger charge is -2.11. The van der Waals surface area contributed by atoms with Crippen LogP contribution < -0.4 is 0 Å². The van der Waals surface area contributed by atoms with Crippen molar-refractivity contribution in [1.82, 2.24) is 9.97 Å². The van der Waals surface area contributed by atoms with Gasteiger partial charge in [-0.15, -0.1) is 0 Å². The van der Waals surface area contributed by atoms with Crippen LogP contribution in [0.25, 0.3) is 33.3 Å². The summed E-state index contributed by atoms with van der Waals surface area (Å²) in [6.45, 7) is 6.65. The van der Waals surface area contributed by atoms with Gasteiger partial charge in [-0.25, -0.2) is 9.97 Å². The summed E-state index contributed by atoms with van der Waals surface area (Å²) in [5, 5.41) is 1.11. The molecule has 0 spiro atoms. The second-order valence-electron chi connectivity index (χ2n) is 7.57. The number of aryl methyl sites for hydroxylation is 1. The average Bonchev–Trinajstić information content (AvgIpc) is 2.67. The molecule has 0 fully saturated rings. The monoisotopic (exact) mass is 352 g/mol. The molecule has 0 atom stereocenters. The molecule has 3 aromatic carbocycles. The summed E-state index contributed by atoms with van der Waals surface area (Å²) < 4.78 is 0. The number of fused-ring (bicyclic) bond motifs is 1. The minimum absolute atomic E-state index is 0.636. The van der Waals surface area contributed by atoms with Gasteiger partial charge in [-0.2, -0.15) is 0 Å². The molecule has 4 rings (SSSR count). The number of rotatable bonds is 4. The Kier molecular flexibility index (Phi) is 4.72. The zero-order chi connectivity index (χ0) is 18.8. The number of aromatic nitrogens is 2. The largest absolute Gasteiger partial charge is 0.236 e. The topological polar surface area (TPSA) is 25.8 Å². The summed E-state index contributed by atoms with van der Waals surface area (Å²) in [5.41, 5.74) is 8.24. The van der Waals surface area contributed by atoms with E-state index in [1.165, 1.54) is 22.3 Å². The van der Waals surface area contributed by atoms with Gasteiger partial charge in [0.1, 0.15) is 6.33 Å². The summed E-state index contributed by atoms with van der Waals surface area (Å²) in [5.74, 6) is 0.636. The highest BCUT2D eigenvalue weighted by Crippen LogP contribution is 2.31. The van der Waals surface area contributed by atoms with Crippen LogP contribution in [0.3, 0.4) is 0 Å². The molecule has 0 N–H and O–H groups in total. The summed E-state index contributed by atoms with van der Waals surface area (Å²) >= 11 is 0. The Balaban J connectivity index is 1.77. The maximum atomic E-state index is 4.60. The molecule has 1 heterocycles. The van der Waals surface area contributed by atoms with Crippen LogP contribution in [0.1, 0.15) is 25.0 Å². The van der Waals surface area contributed by atoms with E-state index in [2.05, 4.69) is 91.4 Å². The van der Waals surface area contributed by atoms with E-state index < -0.39 is 0 Å². The van der Waals surface area contributed by atoms with Crippen molar-refractivity contribution in [2.24, 2.45) is 5.92 Å². The second kappa shape index (κ2) is 7.32. The van der Waals surface area contributed by atoms with E-state index >= 15 is 0 Å². The van der Waals surface area contributed by atoms with Crippen molar-refractivity contribution in [2.45, 2.75) is 27.2 Å². The summed E-state index contributed by atoms with van der Waals surface area (Å²) in [6.07, 6.45) is 2.75. The lowest BCUT2D eigenvalue weighted by Crippen LogP contribution is -1.96. The average molecular weight is 352 g/mol. The molecular formula is C25H24N2. The normalized spacial score (nSPS) is 11.3. The third-order valence-electron chi connectivity index (χ3n) is 4.93. The number of hydrogen-bond acceptors (Lipinski definition) is 2. The fourth-order valence-electron chi connectivity index (χ4n) is 3.68. The molecule has 0 unspecified atom stereocenters. The van der Waals surface area contributed by atoms with Crippen LogP contribution >= 0.6 is 0 Å². The summed E-state index contributed by atoms with van der Waals surface area (Å²) in [7, 11) is 0. The van der Waals surface area contributed by atoms with Gasteiger partial charge < -0.3 is 0 Å². The molecule has 1 aromatic heterocycles. The van der Waals surface area contributed by atoms with Crippen LogP contribution in [0.15, 0.2) is 73.1 Å². The first-order valence-electron chi connectivity index (χ1n) is 9.52. The minimum atomic E-state index is 0.636. The molecule has 2 heteroatoms. The van der Waals surface area contributed by atoms with E-state index in [4.69, 9.17) is 0 Å². The van der Waals surface area contributed by atoms with Crippen LogP contribution in [-0.2, 0) is 6.42 Å². The predicted octanol–water partition coefficient (Wildman–Crippen LogP) is 6.47. The van der Waals surface area contributed by atoms with E-state index in [9.17, 15) is 0 Å². The van der Waals surface area contributed by atoms with E-state index in [0.717, 1.165) is 28.6 Å². The van der Waals surface area contributed by atoms with Crippen LogP contribution in [0, 0.1) is 12.8 Å². The van der Waals surface area contributed by atoms with Gasteiger partial charge in [0.25, 0.3) is 0 Å². The van der Waals surface area contributed by atoms with E-state index in [1.807, 2.05) is 6.07 Å². The van der Waals surface area contributed by atoms with Crippen LogP contribution in [-0.4, -0.2) is 9.97 Å². The number of nitrogens with zero attached hydrogens (tertiary/aromatic N) is 2. The fourth-order valence-corrected chi connectivity index (χ4v) is 3.68. The highest BCUT2D eigenvalue weighted by atomic mass is 14.8. The molecule has 0 aliphatic heterocycles. The van der Waals surface area contributed by atoms with Crippen molar-refractivity contribution in [3.05, 3.63) is 84.2 Å². The maximum Gasteiger partial charge on any atom is 0.116 e. The zero-order valence-corrected chi connectivity index (χ0v) is 16.1. The van der Waals surface area contributed by atoms with Crippen molar-refractivity contribution in [1.29, 1.82) is 0 Å².